The summed E-state index contributed by atoms with van der Waals surface area (Å²) in [6, 6.07) is 13.7. The van der Waals surface area contributed by atoms with Crippen LogP contribution >= 0.6 is 23.2 Å². The summed E-state index contributed by atoms with van der Waals surface area (Å²) in [5, 5.41) is 4.39. The van der Waals surface area contributed by atoms with Gasteiger partial charge >= 0.3 is 0 Å². The van der Waals surface area contributed by atoms with Gasteiger partial charge in [-0.1, -0.05) is 67.4 Å². The molecule has 1 saturated heterocycles. The number of nitrogens with zero attached hydrogens (tertiary/aromatic N) is 1. The van der Waals surface area contributed by atoms with Crippen LogP contribution in [0.25, 0.3) is 6.08 Å². The normalized spacial score (nSPS) is 23.7. The highest BCUT2D eigenvalue weighted by Crippen LogP contribution is 2.52. The van der Waals surface area contributed by atoms with Crippen LogP contribution in [-0.4, -0.2) is 18.1 Å². The molecule has 0 bridgehead atoms. The summed E-state index contributed by atoms with van der Waals surface area (Å²) in [5.41, 5.74) is 2.29. The quantitative estimate of drug-likeness (QED) is 0.833. The molecule has 2 heterocycles. The second-order valence-corrected chi connectivity index (χ2v) is 7.89. The molecule has 0 radical (unpaired) electrons. The molecular formula is C20H18Cl2N2O. The molecule has 3 nitrogen and oxygen atoms in total. The van der Waals surface area contributed by atoms with Crippen LogP contribution in [0.2, 0.25) is 10.0 Å². The first-order valence-corrected chi connectivity index (χ1v) is 8.93. The van der Waals surface area contributed by atoms with Crippen molar-refractivity contribution in [2.75, 3.05) is 11.4 Å². The van der Waals surface area contributed by atoms with Gasteiger partial charge in [-0.05, 0) is 35.4 Å². The zero-order chi connectivity index (χ0) is 17.8. The molecule has 1 amide bonds. The number of para-hydroxylation sites is 1. The van der Waals surface area contributed by atoms with E-state index in [2.05, 4.69) is 36.2 Å². The Balaban J connectivity index is 1.84. The number of amides is 1. The van der Waals surface area contributed by atoms with Gasteiger partial charge in [-0.25, -0.2) is 0 Å². The summed E-state index contributed by atoms with van der Waals surface area (Å²) >= 11 is 12.3. The molecule has 2 aromatic carbocycles. The van der Waals surface area contributed by atoms with E-state index in [-0.39, 0.29) is 11.3 Å². The number of benzene rings is 2. The Morgan fingerprint density at radius 1 is 1.16 bits per heavy atom. The Morgan fingerprint density at radius 3 is 2.68 bits per heavy atom. The largest absolute Gasteiger partial charge is 0.335 e. The third-order valence-electron chi connectivity index (χ3n) is 5.35. The highest BCUT2D eigenvalue weighted by atomic mass is 35.5. The van der Waals surface area contributed by atoms with Gasteiger partial charge in [-0.15, -0.1) is 0 Å². The zero-order valence-electron chi connectivity index (χ0n) is 14.0. The van der Waals surface area contributed by atoms with Crippen molar-refractivity contribution < 1.29 is 4.79 Å². The Morgan fingerprint density at radius 2 is 1.92 bits per heavy atom. The molecule has 2 aliphatic heterocycles. The first-order valence-electron chi connectivity index (χ1n) is 8.18. The van der Waals surface area contributed by atoms with Crippen molar-refractivity contribution in [1.29, 1.82) is 0 Å². The molecule has 1 N–H and O–H groups in total. The van der Waals surface area contributed by atoms with E-state index in [1.54, 1.807) is 6.07 Å². The van der Waals surface area contributed by atoms with Gasteiger partial charge in [-0.2, -0.15) is 0 Å². The van der Waals surface area contributed by atoms with E-state index in [0.29, 0.717) is 16.6 Å². The molecule has 1 atom stereocenters. The highest BCUT2D eigenvalue weighted by molar-refractivity contribution is 6.35. The SMILES string of the molecule is CC1(C)c2ccccc2N2CC(=O)N[C@@]21/C=C/c1ccc(Cl)cc1Cl. The second kappa shape index (κ2) is 5.52. The Hall–Kier alpha value is -1.97. The molecule has 128 valence electrons. The van der Waals surface area contributed by atoms with Crippen LogP contribution in [-0.2, 0) is 10.2 Å². The zero-order valence-corrected chi connectivity index (χ0v) is 15.5. The lowest BCUT2D eigenvalue weighted by Crippen LogP contribution is -2.58. The maximum absolute atomic E-state index is 12.3. The number of rotatable bonds is 2. The molecule has 0 aliphatic carbocycles. The standard InChI is InChI=1S/C20H18Cl2N2O/c1-19(2)15-5-3-4-6-17(15)24-12-18(25)23-20(19,24)10-9-13-7-8-14(21)11-16(13)22/h3-11H,12H2,1-2H3,(H,23,25)/b10-9+/t20-/m0/s1. The van der Waals surface area contributed by atoms with E-state index in [1.807, 2.05) is 36.4 Å². The number of carbonyl (C=O) groups excluding carboxylic acids is 1. The van der Waals surface area contributed by atoms with Crippen LogP contribution < -0.4 is 10.2 Å². The number of fused-ring (bicyclic) bond motifs is 3. The van der Waals surface area contributed by atoms with Crippen molar-refractivity contribution in [3.63, 3.8) is 0 Å². The van der Waals surface area contributed by atoms with Crippen LogP contribution in [0.3, 0.4) is 0 Å². The summed E-state index contributed by atoms with van der Waals surface area (Å²) < 4.78 is 0. The number of hydrogen-bond donors (Lipinski definition) is 1. The summed E-state index contributed by atoms with van der Waals surface area (Å²) in [7, 11) is 0. The van der Waals surface area contributed by atoms with E-state index in [0.717, 1.165) is 11.3 Å². The van der Waals surface area contributed by atoms with Gasteiger partial charge in [0.2, 0.25) is 5.91 Å². The van der Waals surface area contributed by atoms with Gasteiger partial charge in [0.1, 0.15) is 5.66 Å². The lowest BCUT2D eigenvalue weighted by atomic mass is 9.75. The van der Waals surface area contributed by atoms with Gasteiger partial charge in [-0.3, -0.25) is 4.79 Å². The minimum atomic E-state index is -0.614. The lowest BCUT2D eigenvalue weighted by molar-refractivity contribution is -0.118. The fourth-order valence-electron chi connectivity index (χ4n) is 3.99. The minimum Gasteiger partial charge on any atom is -0.335 e. The lowest BCUT2D eigenvalue weighted by Gasteiger charge is -2.40. The average molecular weight is 373 g/mol. The van der Waals surface area contributed by atoms with Crippen molar-refractivity contribution in [2.24, 2.45) is 0 Å². The van der Waals surface area contributed by atoms with Crippen LogP contribution in [0.15, 0.2) is 48.5 Å². The number of halogens is 2. The summed E-state index contributed by atoms with van der Waals surface area (Å²) in [6.45, 7) is 4.66. The van der Waals surface area contributed by atoms with Gasteiger partial charge in [0.25, 0.3) is 0 Å². The third kappa shape index (κ3) is 2.30. The number of hydrogen-bond acceptors (Lipinski definition) is 2. The maximum Gasteiger partial charge on any atom is 0.241 e. The van der Waals surface area contributed by atoms with Gasteiger partial charge < -0.3 is 10.2 Å². The van der Waals surface area contributed by atoms with Crippen LogP contribution in [0.1, 0.15) is 25.0 Å². The van der Waals surface area contributed by atoms with Crippen LogP contribution in [0.4, 0.5) is 5.69 Å². The molecule has 0 saturated carbocycles. The van der Waals surface area contributed by atoms with E-state index in [4.69, 9.17) is 23.2 Å². The molecular weight excluding hydrogens is 355 g/mol. The monoisotopic (exact) mass is 372 g/mol. The van der Waals surface area contributed by atoms with E-state index >= 15 is 0 Å². The predicted molar refractivity (Wildman–Crippen MR) is 103 cm³/mol. The van der Waals surface area contributed by atoms with E-state index in [9.17, 15) is 4.79 Å². The predicted octanol–water partition coefficient (Wildman–Crippen LogP) is 4.63. The van der Waals surface area contributed by atoms with E-state index < -0.39 is 5.66 Å². The first kappa shape index (κ1) is 16.5. The number of anilines is 1. The molecule has 1 fully saturated rings. The maximum atomic E-state index is 12.3. The smallest absolute Gasteiger partial charge is 0.241 e. The minimum absolute atomic E-state index is 0.0226. The van der Waals surface area contributed by atoms with Crippen molar-refractivity contribution in [2.45, 2.75) is 24.9 Å². The van der Waals surface area contributed by atoms with Gasteiger partial charge in [0.05, 0.1) is 6.54 Å². The van der Waals surface area contributed by atoms with Crippen molar-refractivity contribution in [3.05, 3.63) is 69.7 Å². The molecule has 0 aromatic heterocycles. The summed E-state index contributed by atoms with van der Waals surface area (Å²) in [5.74, 6) is 0.0226. The molecule has 5 heteroatoms. The fraction of sp³-hybridized carbons (Fsp3) is 0.250. The van der Waals surface area contributed by atoms with Gasteiger partial charge in [0, 0.05) is 21.1 Å². The average Bonchev–Trinajstić information content (AvgIpc) is 2.99. The Kier molecular flexibility index (Phi) is 3.64. The third-order valence-corrected chi connectivity index (χ3v) is 5.91. The Bertz CT molecular complexity index is 906. The Labute approximate surface area is 157 Å². The summed E-state index contributed by atoms with van der Waals surface area (Å²) in [4.78, 5) is 14.4. The molecule has 2 aliphatic rings. The molecule has 2 aromatic rings. The highest BCUT2D eigenvalue weighted by Gasteiger charge is 2.59. The van der Waals surface area contributed by atoms with Crippen molar-refractivity contribution in [1.82, 2.24) is 5.32 Å². The first-order chi connectivity index (χ1) is 11.8. The topological polar surface area (TPSA) is 32.3 Å². The molecule has 25 heavy (non-hydrogen) atoms. The van der Waals surface area contributed by atoms with Crippen molar-refractivity contribution in [3.8, 4) is 0 Å². The molecule has 0 unspecified atom stereocenters. The number of nitrogens with one attached hydrogen (secondary N) is 1. The fourth-order valence-corrected chi connectivity index (χ4v) is 4.46. The second-order valence-electron chi connectivity index (χ2n) is 7.04. The van der Waals surface area contributed by atoms with Crippen molar-refractivity contribution >= 4 is 40.9 Å². The van der Waals surface area contributed by atoms with Crippen LogP contribution in [0.5, 0.6) is 0 Å². The summed E-state index contributed by atoms with van der Waals surface area (Å²) in [6.07, 6.45) is 4.01. The van der Waals surface area contributed by atoms with Gasteiger partial charge in [0.15, 0.2) is 0 Å². The number of carbonyl (C=O) groups is 1. The van der Waals surface area contributed by atoms with Crippen LogP contribution in [0, 0.1) is 0 Å². The molecule has 0 spiro atoms. The van der Waals surface area contributed by atoms with E-state index in [1.165, 1.54) is 5.56 Å². The molecule has 4 rings (SSSR count).